The van der Waals surface area contributed by atoms with E-state index in [2.05, 4.69) is 26.5 Å². The number of halogens is 1. The zero-order valence-corrected chi connectivity index (χ0v) is 16.6. The fourth-order valence-electron chi connectivity index (χ4n) is 2.55. The molecule has 0 spiro atoms. The zero-order valence-electron chi connectivity index (χ0n) is 15.0. The van der Waals surface area contributed by atoms with E-state index >= 15 is 0 Å². The normalized spacial score (nSPS) is 10.8. The van der Waals surface area contributed by atoms with Crippen LogP contribution in [0.15, 0.2) is 74.7 Å². The minimum absolute atomic E-state index is 0.223. The molecule has 0 bridgehead atoms. The Balaban J connectivity index is 1.64. The number of esters is 1. The molecule has 0 saturated heterocycles. The summed E-state index contributed by atoms with van der Waals surface area (Å²) in [6.07, 6.45) is 1.63. The molecule has 0 atom stereocenters. The first-order chi connectivity index (χ1) is 13.6. The third-order valence-corrected chi connectivity index (χ3v) is 4.41. The largest absolute Gasteiger partial charge is 0.465 e. The number of nitrogens with zero attached hydrogens (tertiary/aromatic N) is 1. The maximum absolute atomic E-state index is 11.9. The smallest absolute Gasteiger partial charge is 0.338 e. The van der Waals surface area contributed by atoms with E-state index < -0.39 is 5.97 Å². The first-order valence-corrected chi connectivity index (χ1v) is 9.20. The van der Waals surface area contributed by atoms with Crippen LogP contribution < -0.4 is 5.43 Å². The van der Waals surface area contributed by atoms with Crippen molar-refractivity contribution in [3.8, 4) is 11.3 Å². The number of carbonyl (C=O) groups is 2. The molecular formula is C21H17BrN2O4. The lowest BCUT2D eigenvalue weighted by molar-refractivity contribution is -0.120. The molecule has 0 aliphatic carbocycles. The summed E-state index contributed by atoms with van der Waals surface area (Å²) < 4.78 is 11.5. The van der Waals surface area contributed by atoms with E-state index in [-0.39, 0.29) is 12.3 Å². The Morgan fingerprint density at radius 2 is 1.86 bits per heavy atom. The van der Waals surface area contributed by atoms with Crippen LogP contribution >= 0.6 is 15.9 Å². The average Bonchev–Trinajstić information content (AvgIpc) is 3.18. The van der Waals surface area contributed by atoms with Crippen molar-refractivity contribution in [3.05, 3.63) is 82.0 Å². The molecule has 3 aromatic rings. The molecule has 0 aliphatic rings. The Kier molecular flexibility index (Phi) is 6.39. The Morgan fingerprint density at radius 3 is 2.61 bits per heavy atom. The van der Waals surface area contributed by atoms with Crippen LogP contribution in [0.4, 0.5) is 0 Å². The van der Waals surface area contributed by atoms with Gasteiger partial charge in [-0.25, -0.2) is 10.2 Å². The number of furan rings is 1. The van der Waals surface area contributed by atoms with Crippen LogP contribution in [0.3, 0.4) is 0 Å². The van der Waals surface area contributed by atoms with Crippen molar-refractivity contribution in [1.29, 1.82) is 0 Å². The number of benzene rings is 2. The predicted octanol–water partition coefficient (Wildman–Crippen LogP) is 4.19. The van der Waals surface area contributed by atoms with E-state index in [1.807, 2.05) is 24.3 Å². The van der Waals surface area contributed by atoms with Gasteiger partial charge in [-0.15, -0.1) is 0 Å². The topological polar surface area (TPSA) is 80.9 Å². The Hall–Kier alpha value is -3.19. The second-order valence-corrected chi connectivity index (χ2v) is 6.75. The van der Waals surface area contributed by atoms with Gasteiger partial charge in [0.15, 0.2) is 0 Å². The van der Waals surface area contributed by atoms with Crippen molar-refractivity contribution in [3.63, 3.8) is 0 Å². The predicted molar refractivity (Wildman–Crippen MR) is 109 cm³/mol. The summed E-state index contributed by atoms with van der Waals surface area (Å²) in [4.78, 5) is 23.8. The number of hydrogen-bond donors (Lipinski definition) is 1. The van der Waals surface area contributed by atoms with Gasteiger partial charge in [-0.3, -0.25) is 4.79 Å². The van der Waals surface area contributed by atoms with Crippen molar-refractivity contribution in [1.82, 2.24) is 5.43 Å². The van der Waals surface area contributed by atoms with E-state index in [4.69, 9.17) is 9.15 Å². The molecule has 0 fully saturated rings. The van der Waals surface area contributed by atoms with Crippen LogP contribution in [0, 0.1) is 0 Å². The number of rotatable bonds is 6. The van der Waals surface area contributed by atoms with Gasteiger partial charge in [0.25, 0.3) is 0 Å². The molecule has 28 heavy (non-hydrogen) atoms. The quantitative estimate of drug-likeness (QED) is 0.354. The van der Waals surface area contributed by atoms with Gasteiger partial charge < -0.3 is 9.15 Å². The molecule has 0 unspecified atom stereocenters. The van der Waals surface area contributed by atoms with Crippen molar-refractivity contribution in [2.45, 2.75) is 6.42 Å². The fraction of sp³-hybridized carbons (Fsp3) is 0.0952. The van der Waals surface area contributed by atoms with Crippen molar-refractivity contribution < 1.29 is 18.7 Å². The fourth-order valence-corrected chi connectivity index (χ4v) is 2.81. The first kappa shape index (κ1) is 19.6. The van der Waals surface area contributed by atoms with Crippen molar-refractivity contribution in [2.24, 2.45) is 5.10 Å². The molecule has 1 aromatic heterocycles. The Labute approximate surface area is 170 Å². The van der Waals surface area contributed by atoms with Crippen LogP contribution in [-0.4, -0.2) is 25.2 Å². The minimum atomic E-state index is -0.442. The van der Waals surface area contributed by atoms with E-state index in [1.165, 1.54) is 13.3 Å². The molecule has 2 aromatic carbocycles. The van der Waals surface area contributed by atoms with E-state index in [1.54, 1.807) is 36.4 Å². The van der Waals surface area contributed by atoms with Crippen molar-refractivity contribution >= 4 is 34.0 Å². The monoisotopic (exact) mass is 440 g/mol. The van der Waals surface area contributed by atoms with Crippen LogP contribution in [0.2, 0.25) is 0 Å². The van der Waals surface area contributed by atoms with E-state index in [9.17, 15) is 9.59 Å². The van der Waals surface area contributed by atoms with Crippen molar-refractivity contribution in [2.75, 3.05) is 7.11 Å². The standard InChI is InChI=1S/C21H17BrN2O4/c1-27-21(26)18-5-3-2-4-17(18)19-11-10-16(28-19)13-23-24-20(25)12-14-6-8-15(22)9-7-14/h2-11,13H,12H2,1H3,(H,24,25)/b23-13-. The summed E-state index contributed by atoms with van der Waals surface area (Å²) in [5.74, 6) is 0.270. The van der Waals surface area contributed by atoms with E-state index in [0.717, 1.165) is 10.0 Å². The summed E-state index contributed by atoms with van der Waals surface area (Å²) in [7, 11) is 1.33. The molecule has 3 rings (SSSR count). The van der Waals surface area contributed by atoms with Crippen LogP contribution in [-0.2, 0) is 16.0 Å². The lowest BCUT2D eigenvalue weighted by atomic mass is 10.1. The summed E-state index contributed by atoms with van der Waals surface area (Å²) in [5.41, 5.74) is 4.38. The van der Waals surface area contributed by atoms with Crippen LogP contribution in [0.1, 0.15) is 21.7 Å². The second-order valence-electron chi connectivity index (χ2n) is 5.84. The van der Waals surface area contributed by atoms with Gasteiger partial charge in [0.05, 0.1) is 25.3 Å². The molecule has 142 valence electrons. The molecule has 7 heteroatoms. The average molecular weight is 441 g/mol. The molecule has 1 N–H and O–H groups in total. The zero-order chi connectivity index (χ0) is 19.9. The van der Waals surface area contributed by atoms with Gasteiger partial charge in [-0.1, -0.05) is 46.3 Å². The first-order valence-electron chi connectivity index (χ1n) is 8.40. The summed E-state index contributed by atoms with van der Waals surface area (Å²) >= 11 is 3.35. The summed E-state index contributed by atoms with van der Waals surface area (Å²) in [6.45, 7) is 0. The number of hydrogen-bond acceptors (Lipinski definition) is 5. The summed E-state index contributed by atoms with van der Waals surface area (Å²) in [6, 6.07) is 17.9. The maximum atomic E-state index is 11.9. The van der Waals surface area contributed by atoms with Gasteiger partial charge in [0.1, 0.15) is 11.5 Å². The number of ether oxygens (including phenoxy) is 1. The van der Waals surface area contributed by atoms with E-state index in [0.29, 0.717) is 22.6 Å². The highest BCUT2D eigenvalue weighted by Crippen LogP contribution is 2.26. The van der Waals surface area contributed by atoms with Gasteiger partial charge in [0, 0.05) is 10.0 Å². The molecule has 6 nitrogen and oxygen atoms in total. The lowest BCUT2D eigenvalue weighted by Crippen LogP contribution is -2.19. The molecule has 0 saturated carbocycles. The van der Waals surface area contributed by atoms with Gasteiger partial charge in [0.2, 0.25) is 5.91 Å². The maximum Gasteiger partial charge on any atom is 0.338 e. The number of carbonyl (C=O) groups excluding carboxylic acids is 2. The van der Waals surface area contributed by atoms with Gasteiger partial charge >= 0.3 is 5.97 Å². The SMILES string of the molecule is COC(=O)c1ccccc1-c1ccc(/C=N\NC(=O)Cc2ccc(Br)cc2)o1. The highest BCUT2D eigenvalue weighted by Gasteiger charge is 2.15. The second kappa shape index (κ2) is 9.14. The number of hydrazone groups is 1. The number of nitrogens with one attached hydrogen (secondary N) is 1. The van der Waals surface area contributed by atoms with Crippen LogP contribution in [0.5, 0.6) is 0 Å². The molecule has 1 heterocycles. The minimum Gasteiger partial charge on any atom is -0.465 e. The molecule has 1 amide bonds. The number of amides is 1. The Bertz CT molecular complexity index is 1010. The molecule has 0 aliphatic heterocycles. The Morgan fingerprint density at radius 1 is 1.11 bits per heavy atom. The van der Waals surface area contributed by atoms with Crippen LogP contribution in [0.25, 0.3) is 11.3 Å². The third-order valence-electron chi connectivity index (χ3n) is 3.88. The highest BCUT2D eigenvalue weighted by molar-refractivity contribution is 9.10. The third kappa shape index (κ3) is 4.95. The van der Waals surface area contributed by atoms with Gasteiger partial charge in [-0.2, -0.15) is 5.10 Å². The highest BCUT2D eigenvalue weighted by atomic mass is 79.9. The molecular weight excluding hydrogens is 424 g/mol. The summed E-state index contributed by atoms with van der Waals surface area (Å²) in [5, 5.41) is 3.92. The lowest BCUT2D eigenvalue weighted by Gasteiger charge is -2.04. The molecule has 0 radical (unpaired) electrons. The van der Waals surface area contributed by atoms with Gasteiger partial charge in [-0.05, 0) is 35.9 Å². The number of methoxy groups -OCH3 is 1.